The lowest BCUT2D eigenvalue weighted by atomic mass is 10.0. The number of nitriles is 1. The number of fused-ring (bicyclic) bond motifs is 1. The zero-order valence-electron chi connectivity index (χ0n) is 20.9. The van der Waals surface area contributed by atoms with E-state index in [1.807, 2.05) is 50.5 Å². The highest BCUT2D eigenvalue weighted by atomic mass is 16.6. The molecule has 0 aliphatic heterocycles. The van der Waals surface area contributed by atoms with Crippen LogP contribution in [-0.4, -0.2) is 39.2 Å². The fraction of sp³-hybridized carbons (Fsp3) is 0.207. The average Bonchev–Trinajstić information content (AvgIpc) is 3.30. The van der Waals surface area contributed by atoms with Crippen molar-refractivity contribution >= 4 is 22.9 Å². The maximum absolute atomic E-state index is 13.2. The molecule has 0 bridgehead atoms. The summed E-state index contributed by atoms with van der Waals surface area (Å²) in [5.41, 5.74) is 2.67. The first-order valence-corrected chi connectivity index (χ1v) is 11.8. The van der Waals surface area contributed by atoms with E-state index in [2.05, 4.69) is 0 Å². The molecule has 188 valence electrons. The van der Waals surface area contributed by atoms with Gasteiger partial charge in [-0.3, -0.25) is 0 Å². The van der Waals surface area contributed by atoms with Crippen molar-refractivity contribution in [1.29, 1.82) is 5.26 Å². The molecule has 0 saturated heterocycles. The van der Waals surface area contributed by atoms with Crippen molar-refractivity contribution < 1.29 is 33.1 Å². The largest absolute Gasteiger partial charge is 0.482 e. The second-order valence-electron chi connectivity index (χ2n) is 8.59. The molecule has 1 aromatic heterocycles. The lowest BCUT2D eigenvalue weighted by molar-refractivity contribution is -0.872. The predicted octanol–water partition coefficient (Wildman–Crippen LogP) is 3.78. The summed E-state index contributed by atoms with van der Waals surface area (Å²) in [5.74, 6) is 0.0342. The number of ether oxygens (including phenoxy) is 3. The Balaban J connectivity index is 1.72. The van der Waals surface area contributed by atoms with E-state index in [0.29, 0.717) is 51.5 Å². The molecular formula is C29H27N2O6+. The standard InChI is InChI=1S/C29H26N2O6/c1-4-34-29(33)27-26-22(17-31(2)3)23(14-15-24(26)37-28(27)20-8-6-5-7-9-20)36-25(32)18-35-21-12-10-19(16-30)11-13-21/h5-15H,4,17-18H2,1-3H3/p+1. The Hall–Kier alpha value is -4.61. The van der Waals surface area contributed by atoms with Gasteiger partial charge in [-0.1, -0.05) is 30.3 Å². The fourth-order valence-electron chi connectivity index (χ4n) is 3.98. The smallest absolute Gasteiger partial charge is 0.349 e. The lowest BCUT2D eigenvalue weighted by Crippen LogP contribution is -3.04. The van der Waals surface area contributed by atoms with Crippen molar-refractivity contribution in [2.24, 2.45) is 0 Å². The third-order valence-electron chi connectivity index (χ3n) is 5.53. The maximum atomic E-state index is 13.2. The van der Waals surface area contributed by atoms with Crippen LogP contribution >= 0.6 is 0 Å². The van der Waals surface area contributed by atoms with Gasteiger partial charge in [0, 0.05) is 10.9 Å². The fourth-order valence-corrected chi connectivity index (χ4v) is 3.98. The molecule has 4 rings (SSSR count). The summed E-state index contributed by atoms with van der Waals surface area (Å²) in [6.45, 7) is 2.07. The Morgan fingerprint density at radius 2 is 1.73 bits per heavy atom. The number of hydrogen-bond donors (Lipinski definition) is 1. The van der Waals surface area contributed by atoms with E-state index in [0.717, 1.165) is 10.5 Å². The summed E-state index contributed by atoms with van der Waals surface area (Å²) in [7, 11) is 3.92. The molecule has 0 aliphatic carbocycles. The van der Waals surface area contributed by atoms with E-state index in [-0.39, 0.29) is 13.2 Å². The number of hydrogen-bond acceptors (Lipinski definition) is 7. The second-order valence-corrected chi connectivity index (χ2v) is 8.59. The molecule has 0 spiro atoms. The number of furan rings is 1. The van der Waals surface area contributed by atoms with Gasteiger partial charge in [0.05, 0.1) is 37.9 Å². The third kappa shape index (κ3) is 5.80. The van der Waals surface area contributed by atoms with Crippen molar-refractivity contribution in [2.45, 2.75) is 13.5 Å². The topological polar surface area (TPSA) is 103 Å². The Morgan fingerprint density at radius 1 is 1.00 bits per heavy atom. The summed E-state index contributed by atoms with van der Waals surface area (Å²) in [6.07, 6.45) is 0. The second kappa shape index (κ2) is 11.4. The van der Waals surface area contributed by atoms with Gasteiger partial charge in [-0.25, -0.2) is 9.59 Å². The van der Waals surface area contributed by atoms with Crippen LogP contribution in [0.5, 0.6) is 11.5 Å². The van der Waals surface area contributed by atoms with Gasteiger partial charge in [0.15, 0.2) is 6.61 Å². The van der Waals surface area contributed by atoms with Crippen molar-refractivity contribution in [3.05, 3.63) is 83.4 Å². The first kappa shape index (κ1) is 25.5. The summed E-state index contributed by atoms with van der Waals surface area (Å²) in [6, 6.07) is 21.1. The molecule has 4 aromatic rings. The molecular weight excluding hydrogens is 472 g/mol. The van der Waals surface area contributed by atoms with Gasteiger partial charge in [-0.2, -0.15) is 5.26 Å². The minimum absolute atomic E-state index is 0.204. The van der Waals surface area contributed by atoms with Crippen LogP contribution < -0.4 is 14.4 Å². The molecule has 37 heavy (non-hydrogen) atoms. The minimum atomic E-state index is -0.608. The van der Waals surface area contributed by atoms with Crippen molar-refractivity contribution in [1.82, 2.24) is 0 Å². The van der Waals surface area contributed by atoms with Gasteiger partial charge in [0.1, 0.15) is 35.0 Å². The zero-order valence-corrected chi connectivity index (χ0v) is 20.9. The summed E-state index contributed by atoms with van der Waals surface area (Å²) < 4.78 is 22.8. The third-order valence-corrected chi connectivity index (χ3v) is 5.53. The number of carbonyl (C=O) groups excluding carboxylic acids is 2. The monoisotopic (exact) mass is 499 g/mol. The first-order valence-electron chi connectivity index (χ1n) is 11.8. The molecule has 8 nitrogen and oxygen atoms in total. The van der Waals surface area contributed by atoms with Gasteiger partial charge in [-0.15, -0.1) is 0 Å². The minimum Gasteiger partial charge on any atom is -0.482 e. The number of nitrogens with one attached hydrogen (secondary N) is 1. The summed E-state index contributed by atoms with van der Waals surface area (Å²) in [4.78, 5) is 26.9. The molecule has 8 heteroatoms. The summed E-state index contributed by atoms with van der Waals surface area (Å²) in [5, 5.41) is 9.47. The highest BCUT2D eigenvalue weighted by Crippen LogP contribution is 2.39. The Labute approximate surface area is 214 Å². The molecule has 0 fully saturated rings. The van der Waals surface area contributed by atoms with E-state index in [9.17, 15) is 9.59 Å². The van der Waals surface area contributed by atoms with Crippen LogP contribution in [0.15, 0.2) is 71.1 Å². The number of benzene rings is 3. The molecule has 1 N–H and O–H groups in total. The molecule has 0 unspecified atom stereocenters. The number of quaternary nitrogens is 1. The van der Waals surface area contributed by atoms with Crippen LogP contribution in [0.2, 0.25) is 0 Å². The van der Waals surface area contributed by atoms with E-state index in [1.54, 1.807) is 43.3 Å². The van der Waals surface area contributed by atoms with Crippen LogP contribution in [0.4, 0.5) is 0 Å². The van der Waals surface area contributed by atoms with E-state index < -0.39 is 11.9 Å². The molecule has 0 aliphatic rings. The van der Waals surface area contributed by atoms with Crippen molar-refractivity contribution in [3.63, 3.8) is 0 Å². The van der Waals surface area contributed by atoms with Gasteiger partial charge < -0.3 is 23.5 Å². The van der Waals surface area contributed by atoms with E-state index in [1.165, 1.54) is 0 Å². The quantitative estimate of drug-likeness (QED) is 0.276. The SMILES string of the molecule is CCOC(=O)c1c(-c2ccccc2)oc2ccc(OC(=O)COc3ccc(C#N)cc3)c(C[NH+](C)C)c12. The number of carbonyl (C=O) groups is 2. The first-order chi connectivity index (χ1) is 17.9. The molecule has 0 radical (unpaired) electrons. The number of esters is 2. The average molecular weight is 500 g/mol. The zero-order chi connectivity index (χ0) is 26.4. The van der Waals surface area contributed by atoms with Crippen molar-refractivity contribution in [3.8, 4) is 28.9 Å². The molecule has 3 aromatic carbocycles. The van der Waals surface area contributed by atoms with Gasteiger partial charge in [-0.05, 0) is 43.3 Å². The number of nitrogens with zero attached hydrogens (tertiary/aromatic N) is 1. The highest BCUT2D eigenvalue weighted by molar-refractivity contribution is 6.10. The van der Waals surface area contributed by atoms with Gasteiger partial charge in [0.25, 0.3) is 0 Å². The molecule has 0 atom stereocenters. The summed E-state index contributed by atoms with van der Waals surface area (Å²) >= 11 is 0. The molecule has 1 heterocycles. The molecule has 0 amide bonds. The predicted molar refractivity (Wildman–Crippen MR) is 136 cm³/mol. The van der Waals surface area contributed by atoms with Crippen LogP contribution in [0.1, 0.15) is 28.4 Å². The van der Waals surface area contributed by atoms with E-state index >= 15 is 0 Å². The Bertz CT molecular complexity index is 1450. The maximum Gasteiger partial charge on any atom is 0.349 e. The lowest BCUT2D eigenvalue weighted by Gasteiger charge is -2.14. The molecule has 0 saturated carbocycles. The highest BCUT2D eigenvalue weighted by Gasteiger charge is 2.28. The van der Waals surface area contributed by atoms with E-state index in [4.69, 9.17) is 23.9 Å². The Morgan fingerprint density at radius 3 is 2.38 bits per heavy atom. The van der Waals surface area contributed by atoms with Crippen LogP contribution in [0.25, 0.3) is 22.3 Å². The van der Waals surface area contributed by atoms with Crippen LogP contribution in [0, 0.1) is 11.3 Å². The van der Waals surface area contributed by atoms with Gasteiger partial charge in [0.2, 0.25) is 0 Å². The Kier molecular flexibility index (Phi) is 7.86. The number of rotatable bonds is 9. The van der Waals surface area contributed by atoms with Crippen LogP contribution in [0.3, 0.4) is 0 Å². The normalized spacial score (nSPS) is 10.8. The van der Waals surface area contributed by atoms with Gasteiger partial charge >= 0.3 is 11.9 Å². The van der Waals surface area contributed by atoms with Crippen molar-refractivity contribution in [2.75, 3.05) is 27.3 Å². The van der Waals surface area contributed by atoms with Crippen LogP contribution in [-0.2, 0) is 16.1 Å².